The Hall–Kier alpha value is -3.18. The van der Waals surface area contributed by atoms with Crippen LogP contribution in [0.4, 0.5) is 5.69 Å². The van der Waals surface area contributed by atoms with Crippen molar-refractivity contribution in [2.75, 3.05) is 4.90 Å². The van der Waals surface area contributed by atoms with E-state index in [2.05, 4.69) is 6.92 Å². The molecule has 1 saturated heterocycles. The molecular formula is C25H23NO3S. The van der Waals surface area contributed by atoms with E-state index in [-0.39, 0.29) is 11.3 Å². The van der Waals surface area contributed by atoms with Gasteiger partial charge in [0.05, 0.1) is 5.57 Å². The third-order valence-corrected chi connectivity index (χ3v) is 6.30. The molecule has 2 heterocycles. The van der Waals surface area contributed by atoms with E-state index in [1.807, 2.05) is 61.7 Å². The number of aliphatic hydroxyl groups excluding tert-OH is 1. The standard InChI is InChI=1S/C25H23NO3S/c1-4-17-7-9-18(10-8-17)23(27)21-22(20-6-5-11-30-20)26(25(29)24(21)28)19-13-15(2)12-16(3)14-19/h5-14,22,27H,4H2,1-3H3/b23-21-. The number of hydrogen-bond acceptors (Lipinski definition) is 4. The fourth-order valence-corrected chi connectivity index (χ4v) is 4.78. The number of carbonyl (C=O) groups excluding carboxylic acids is 2. The summed E-state index contributed by atoms with van der Waals surface area (Å²) < 4.78 is 0. The van der Waals surface area contributed by atoms with Crippen molar-refractivity contribution >= 4 is 34.5 Å². The van der Waals surface area contributed by atoms with Gasteiger partial charge in [0.25, 0.3) is 11.7 Å². The highest BCUT2D eigenvalue weighted by Gasteiger charge is 2.47. The largest absolute Gasteiger partial charge is 0.507 e. The van der Waals surface area contributed by atoms with E-state index in [9.17, 15) is 14.7 Å². The smallest absolute Gasteiger partial charge is 0.300 e. The van der Waals surface area contributed by atoms with Gasteiger partial charge in [-0.15, -0.1) is 11.3 Å². The quantitative estimate of drug-likeness (QED) is 0.344. The Morgan fingerprint density at radius 2 is 1.70 bits per heavy atom. The summed E-state index contributed by atoms with van der Waals surface area (Å²) >= 11 is 1.46. The van der Waals surface area contributed by atoms with Gasteiger partial charge in [0.1, 0.15) is 11.8 Å². The van der Waals surface area contributed by atoms with E-state index in [0.29, 0.717) is 11.3 Å². The predicted molar refractivity (Wildman–Crippen MR) is 121 cm³/mol. The second-order valence-corrected chi connectivity index (χ2v) is 8.56. The average molecular weight is 418 g/mol. The van der Waals surface area contributed by atoms with Crippen LogP contribution >= 0.6 is 11.3 Å². The molecule has 5 heteroatoms. The zero-order valence-corrected chi connectivity index (χ0v) is 18.0. The zero-order chi connectivity index (χ0) is 21.4. The van der Waals surface area contributed by atoms with Gasteiger partial charge in [0, 0.05) is 16.1 Å². The molecular weight excluding hydrogens is 394 g/mol. The Morgan fingerprint density at radius 3 is 2.27 bits per heavy atom. The van der Waals surface area contributed by atoms with E-state index in [4.69, 9.17) is 0 Å². The van der Waals surface area contributed by atoms with Crippen molar-refractivity contribution in [2.24, 2.45) is 0 Å². The SMILES string of the molecule is CCc1ccc(/C(O)=C2/C(=O)C(=O)N(c3cc(C)cc(C)c3)C2c2cccs2)cc1. The molecule has 1 N–H and O–H groups in total. The molecule has 4 nitrogen and oxygen atoms in total. The number of thiophene rings is 1. The summed E-state index contributed by atoms with van der Waals surface area (Å²) in [4.78, 5) is 28.6. The number of nitrogens with zero attached hydrogens (tertiary/aromatic N) is 1. The summed E-state index contributed by atoms with van der Waals surface area (Å²) in [5.74, 6) is -1.42. The van der Waals surface area contributed by atoms with E-state index in [1.165, 1.54) is 16.2 Å². The molecule has 0 radical (unpaired) electrons. The monoisotopic (exact) mass is 417 g/mol. The van der Waals surface area contributed by atoms with Crippen molar-refractivity contribution in [1.82, 2.24) is 0 Å². The maximum atomic E-state index is 13.1. The third-order valence-electron chi connectivity index (χ3n) is 5.38. The lowest BCUT2D eigenvalue weighted by atomic mass is 9.98. The fourth-order valence-electron chi connectivity index (χ4n) is 3.96. The predicted octanol–water partition coefficient (Wildman–Crippen LogP) is 5.55. The number of aliphatic hydroxyl groups is 1. The van der Waals surface area contributed by atoms with Crippen LogP contribution in [0, 0.1) is 13.8 Å². The first-order valence-electron chi connectivity index (χ1n) is 9.92. The van der Waals surface area contributed by atoms with Gasteiger partial charge in [-0.05, 0) is 60.5 Å². The summed E-state index contributed by atoms with van der Waals surface area (Å²) in [7, 11) is 0. The molecule has 30 heavy (non-hydrogen) atoms. The molecule has 4 rings (SSSR count). The molecule has 0 saturated carbocycles. The molecule has 1 aromatic heterocycles. The summed E-state index contributed by atoms with van der Waals surface area (Å²) in [6, 6.07) is 16.4. The van der Waals surface area contributed by atoms with Gasteiger partial charge >= 0.3 is 0 Å². The van der Waals surface area contributed by atoms with Crippen molar-refractivity contribution in [2.45, 2.75) is 33.2 Å². The Balaban J connectivity index is 1.91. The Kier molecular flexibility index (Phi) is 5.31. The lowest BCUT2D eigenvalue weighted by Crippen LogP contribution is -2.29. The summed E-state index contributed by atoms with van der Waals surface area (Å²) in [5, 5.41) is 13.0. The Bertz CT molecular complexity index is 1120. The number of rotatable bonds is 4. The highest BCUT2D eigenvalue weighted by molar-refractivity contribution is 7.10. The van der Waals surface area contributed by atoms with Gasteiger partial charge in [-0.25, -0.2) is 0 Å². The molecule has 0 bridgehead atoms. The molecule has 1 amide bonds. The van der Waals surface area contributed by atoms with E-state index in [0.717, 1.165) is 28.0 Å². The van der Waals surface area contributed by atoms with E-state index >= 15 is 0 Å². The van der Waals surface area contributed by atoms with Crippen LogP contribution in [0.5, 0.6) is 0 Å². The normalized spacial score (nSPS) is 18.2. The Labute approximate surface area is 180 Å². The van der Waals surface area contributed by atoms with Gasteiger partial charge in [-0.1, -0.05) is 43.3 Å². The molecule has 1 aliphatic heterocycles. The highest BCUT2D eigenvalue weighted by Crippen LogP contribution is 2.43. The van der Waals surface area contributed by atoms with Gasteiger partial charge < -0.3 is 5.11 Å². The first-order valence-corrected chi connectivity index (χ1v) is 10.8. The number of anilines is 1. The van der Waals surface area contributed by atoms with Crippen molar-refractivity contribution in [1.29, 1.82) is 0 Å². The Morgan fingerprint density at radius 1 is 1.03 bits per heavy atom. The topological polar surface area (TPSA) is 57.6 Å². The van der Waals surface area contributed by atoms with Gasteiger partial charge in [0.15, 0.2) is 0 Å². The number of hydrogen-bond donors (Lipinski definition) is 1. The molecule has 1 atom stereocenters. The van der Waals surface area contributed by atoms with Gasteiger partial charge in [0.2, 0.25) is 0 Å². The molecule has 1 aliphatic rings. The maximum absolute atomic E-state index is 13.1. The molecule has 0 spiro atoms. The molecule has 2 aromatic carbocycles. The van der Waals surface area contributed by atoms with Gasteiger partial charge in [-0.3, -0.25) is 14.5 Å². The lowest BCUT2D eigenvalue weighted by molar-refractivity contribution is -0.132. The molecule has 0 aliphatic carbocycles. The summed E-state index contributed by atoms with van der Waals surface area (Å²) in [5.41, 5.74) is 4.47. The van der Waals surface area contributed by atoms with Crippen LogP contribution < -0.4 is 4.90 Å². The summed E-state index contributed by atoms with van der Waals surface area (Å²) in [6.45, 7) is 5.98. The number of ketones is 1. The van der Waals surface area contributed by atoms with E-state index < -0.39 is 17.7 Å². The third kappa shape index (κ3) is 3.46. The van der Waals surface area contributed by atoms with Crippen LogP contribution in [-0.4, -0.2) is 16.8 Å². The minimum Gasteiger partial charge on any atom is -0.507 e. The van der Waals surface area contributed by atoms with Crippen molar-refractivity contribution in [3.05, 3.63) is 92.7 Å². The van der Waals surface area contributed by atoms with Gasteiger partial charge in [-0.2, -0.15) is 0 Å². The molecule has 3 aromatic rings. The molecule has 152 valence electrons. The average Bonchev–Trinajstić information content (AvgIpc) is 3.34. The van der Waals surface area contributed by atoms with Crippen LogP contribution in [0.3, 0.4) is 0 Å². The van der Waals surface area contributed by atoms with Crippen LogP contribution in [-0.2, 0) is 16.0 Å². The first-order chi connectivity index (χ1) is 14.4. The minimum atomic E-state index is -0.662. The maximum Gasteiger partial charge on any atom is 0.300 e. The second kappa shape index (κ2) is 7.92. The second-order valence-electron chi connectivity index (χ2n) is 7.58. The highest BCUT2D eigenvalue weighted by atomic mass is 32.1. The minimum absolute atomic E-state index is 0.130. The number of carbonyl (C=O) groups is 2. The van der Waals surface area contributed by atoms with Crippen molar-refractivity contribution in [3.63, 3.8) is 0 Å². The lowest BCUT2D eigenvalue weighted by Gasteiger charge is -2.25. The number of benzene rings is 2. The number of Topliss-reactive ketones (excluding diaryl/α,β-unsaturated/α-hetero) is 1. The summed E-state index contributed by atoms with van der Waals surface area (Å²) in [6.07, 6.45) is 0.882. The van der Waals surface area contributed by atoms with Crippen molar-refractivity contribution < 1.29 is 14.7 Å². The number of aryl methyl sites for hydroxylation is 3. The van der Waals surface area contributed by atoms with Crippen LogP contribution in [0.1, 0.15) is 40.1 Å². The van der Waals surface area contributed by atoms with E-state index in [1.54, 1.807) is 12.1 Å². The first kappa shape index (κ1) is 20.1. The van der Waals surface area contributed by atoms with Crippen LogP contribution in [0.2, 0.25) is 0 Å². The van der Waals surface area contributed by atoms with Crippen molar-refractivity contribution in [3.8, 4) is 0 Å². The number of amides is 1. The molecule has 1 unspecified atom stereocenters. The zero-order valence-electron chi connectivity index (χ0n) is 17.2. The van der Waals surface area contributed by atoms with Crippen LogP contribution in [0.25, 0.3) is 5.76 Å². The molecule has 1 fully saturated rings. The van der Waals surface area contributed by atoms with Crippen LogP contribution in [0.15, 0.2) is 65.6 Å². The fraction of sp³-hybridized carbons (Fsp3) is 0.200.